The van der Waals surface area contributed by atoms with E-state index in [1.54, 1.807) is 17.1 Å². The van der Waals surface area contributed by atoms with Gasteiger partial charge in [-0.1, -0.05) is 12.1 Å². The molecule has 3 aromatic heterocycles. The number of aromatic nitrogens is 6. The molecule has 1 aliphatic heterocycles. The van der Waals surface area contributed by atoms with Crippen molar-refractivity contribution in [3.63, 3.8) is 0 Å². The van der Waals surface area contributed by atoms with E-state index in [1.807, 2.05) is 28.8 Å². The van der Waals surface area contributed by atoms with Crippen molar-refractivity contribution in [2.45, 2.75) is 24.3 Å². The van der Waals surface area contributed by atoms with E-state index in [0.717, 1.165) is 23.2 Å². The summed E-state index contributed by atoms with van der Waals surface area (Å²) in [5.41, 5.74) is 2.24. The number of benzene rings is 1. The number of hydrogen-bond acceptors (Lipinski definition) is 6. The molecule has 0 spiro atoms. The molecule has 1 fully saturated rings. The highest BCUT2D eigenvalue weighted by Gasteiger charge is 2.26. The fourth-order valence-electron chi connectivity index (χ4n) is 3.47. The molecule has 8 nitrogen and oxygen atoms in total. The molecular formula is C17H16N6O2S. The lowest BCUT2D eigenvalue weighted by atomic mass is 10.1. The minimum atomic E-state index is -0.454. The zero-order valence-corrected chi connectivity index (χ0v) is 14.6. The quantitative estimate of drug-likeness (QED) is 0.560. The van der Waals surface area contributed by atoms with E-state index in [-0.39, 0.29) is 11.7 Å². The number of H-pyrrole nitrogens is 1. The third-order valence-corrected chi connectivity index (χ3v) is 5.76. The molecule has 0 radical (unpaired) electrons. The summed E-state index contributed by atoms with van der Waals surface area (Å²) in [5, 5.41) is 9.96. The summed E-state index contributed by atoms with van der Waals surface area (Å²) >= 11 is 1.52. The number of aromatic amines is 1. The molecule has 0 aliphatic carbocycles. The van der Waals surface area contributed by atoms with Gasteiger partial charge in [0.2, 0.25) is 5.95 Å². The average molecular weight is 368 g/mol. The largest absolute Gasteiger partial charge is 0.382 e. The Kier molecular flexibility index (Phi) is 3.57. The van der Waals surface area contributed by atoms with E-state index in [1.165, 1.54) is 11.8 Å². The van der Waals surface area contributed by atoms with Crippen LogP contribution in [0.4, 0.5) is 0 Å². The van der Waals surface area contributed by atoms with Gasteiger partial charge in [0.15, 0.2) is 5.65 Å². The van der Waals surface area contributed by atoms with Gasteiger partial charge in [0, 0.05) is 12.5 Å². The second-order valence-corrected chi connectivity index (χ2v) is 7.60. The molecule has 132 valence electrons. The standard InChI is InChI=1S/C17H16N6O2S/c24-14-7-10(5-6-26-14)23-15-12(20-17(23)25)8-18-16(21-15)22-9-19-11-3-1-2-4-13(11)22/h1-4,8-10,14,24H,5-7H2,(H,20,25). The van der Waals surface area contributed by atoms with Crippen LogP contribution in [0.3, 0.4) is 0 Å². The fourth-order valence-corrected chi connectivity index (χ4v) is 4.51. The highest BCUT2D eigenvalue weighted by Crippen LogP contribution is 2.32. The second kappa shape index (κ2) is 5.96. The number of nitrogens with zero attached hydrogens (tertiary/aromatic N) is 5. The summed E-state index contributed by atoms with van der Waals surface area (Å²) in [6.45, 7) is 0. The number of rotatable bonds is 2. The Hall–Kier alpha value is -2.65. The van der Waals surface area contributed by atoms with Crippen molar-refractivity contribution in [3.8, 4) is 5.95 Å². The highest BCUT2D eigenvalue weighted by molar-refractivity contribution is 7.99. The van der Waals surface area contributed by atoms with Gasteiger partial charge in [0.05, 0.1) is 17.2 Å². The minimum absolute atomic E-state index is 0.0743. The number of thioether (sulfide) groups is 1. The molecule has 0 saturated carbocycles. The number of hydrogen-bond donors (Lipinski definition) is 2. The molecule has 9 heteroatoms. The molecule has 4 aromatic rings. The Morgan fingerprint density at radius 2 is 2.15 bits per heavy atom. The number of para-hydroxylation sites is 2. The fraction of sp³-hybridized carbons (Fsp3) is 0.294. The van der Waals surface area contributed by atoms with Gasteiger partial charge in [-0.2, -0.15) is 4.98 Å². The average Bonchev–Trinajstić information content (AvgIpc) is 3.21. The van der Waals surface area contributed by atoms with Gasteiger partial charge in [0.25, 0.3) is 0 Å². The van der Waals surface area contributed by atoms with Gasteiger partial charge >= 0.3 is 5.69 Å². The smallest absolute Gasteiger partial charge is 0.327 e. The minimum Gasteiger partial charge on any atom is -0.382 e. The maximum Gasteiger partial charge on any atom is 0.327 e. The van der Waals surface area contributed by atoms with Crippen molar-refractivity contribution in [3.05, 3.63) is 47.3 Å². The Labute approximate surface area is 151 Å². The van der Waals surface area contributed by atoms with Gasteiger partial charge < -0.3 is 10.1 Å². The molecule has 2 unspecified atom stereocenters. The number of aliphatic hydroxyl groups excluding tert-OH is 1. The van der Waals surface area contributed by atoms with Crippen LogP contribution in [0.25, 0.3) is 28.1 Å². The van der Waals surface area contributed by atoms with Crippen molar-refractivity contribution >= 4 is 34.0 Å². The molecule has 1 aromatic carbocycles. The Morgan fingerprint density at radius 3 is 3.04 bits per heavy atom. The van der Waals surface area contributed by atoms with Crippen LogP contribution >= 0.6 is 11.8 Å². The van der Waals surface area contributed by atoms with E-state index >= 15 is 0 Å². The first-order valence-electron chi connectivity index (χ1n) is 8.40. The van der Waals surface area contributed by atoms with Gasteiger partial charge in [-0.15, -0.1) is 11.8 Å². The van der Waals surface area contributed by atoms with Crippen LogP contribution in [0.2, 0.25) is 0 Å². The van der Waals surface area contributed by atoms with Gasteiger partial charge in [0.1, 0.15) is 17.3 Å². The van der Waals surface area contributed by atoms with Crippen LogP contribution in [0.5, 0.6) is 0 Å². The number of fused-ring (bicyclic) bond motifs is 2. The summed E-state index contributed by atoms with van der Waals surface area (Å²) in [6, 6.07) is 7.67. The molecule has 1 aliphatic rings. The molecular weight excluding hydrogens is 352 g/mol. The van der Waals surface area contributed by atoms with Gasteiger partial charge in [-0.05, 0) is 24.3 Å². The maximum absolute atomic E-state index is 12.5. The Morgan fingerprint density at radius 1 is 1.27 bits per heavy atom. The summed E-state index contributed by atoms with van der Waals surface area (Å²) in [7, 11) is 0. The van der Waals surface area contributed by atoms with Crippen molar-refractivity contribution in [1.29, 1.82) is 0 Å². The summed E-state index contributed by atoms with van der Waals surface area (Å²) in [6.07, 6.45) is 4.66. The summed E-state index contributed by atoms with van der Waals surface area (Å²) in [5.74, 6) is 1.28. The molecule has 0 bridgehead atoms. The topological polar surface area (TPSA) is 102 Å². The molecule has 2 atom stereocenters. The van der Waals surface area contributed by atoms with E-state index < -0.39 is 5.44 Å². The Bertz CT molecular complexity index is 1160. The first-order valence-corrected chi connectivity index (χ1v) is 9.45. The lowest BCUT2D eigenvalue weighted by Crippen LogP contribution is -2.28. The predicted octanol–water partition coefficient (Wildman–Crippen LogP) is 1.84. The van der Waals surface area contributed by atoms with Gasteiger partial charge in [-0.3, -0.25) is 9.13 Å². The first-order chi connectivity index (χ1) is 12.7. The van der Waals surface area contributed by atoms with Crippen molar-refractivity contribution in [2.75, 3.05) is 5.75 Å². The predicted molar refractivity (Wildman–Crippen MR) is 99.5 cm³/mol. The van der Waals surface area contributed by atoms with E-state index in [0.29, 0.717) is 23.5 Å². The molecule has 0 amide bonds. The lowest BCUT2D eigenvalue weighted by molar-refractivity contribution is 0.215. The van der Waals surface area contributed by atoms with Crippen LogP contribution in [0, 0.1) is 0 Å². The molecule has 26 heavy (non-hydrogen) atoms. The zero-order chi connectivity index (χ0) is 17.7. The maximum atomic E-state index is 12.5. The monoisotopic (exact) mass is 368 g/mol. The van der Waals surface area contributed by atoms with Crippen LogP contribution < -0.4 is 5.69 Å². The van der Waals surface area contributed by atoms with E-state index in [2.05, 4.69) is 19.9 Å². The molecule has 4 heterocycles. The van der Waals surface area contributed by atoms with Crippen LogP contribution in [-0.2, 0) is 0 Å². The van der Waals surface area contributed by atoms with Crippen molar-refractivity contribution < 1.29 is 5.11 Å². The first kappa shape index (κ1) is 15.6. The lowest BCUT2D eigenvalue weighted by Gasteiger charge is -2.26. The number of nitrogens with one attached hydrogen (secondary N) is 1. The third-order valence-electron chi connectivity index (χ3n) is 4.71. The van der Waals surface area contributed by atoms with Gasteiger partial charge in [-0.25, -0.2) is 14.8 Å². The summed E-state index contributed by atoms with van der Waals surface area (Å²) < 4.78 is 3.46. The normalized spacial score (nSPS) is 20.8. The second-order valence-electron chi connectivity index (χ2n) is 6.31. The van der Waals surface area contributed by atoms with Crippen LogP contribution in [0.15, 0.2) is 41.6 Å². The van der Waals surface area contributed by atoms with E-state index in [4.69, 9.17) is 0 Å². The zero-order valence-electron chi connectivity index (χ0n) is 13.7. The Balaban J connectivity index is 1.67. The number of aliphatic hydroxyl groups is 1. The number of imidazole rings is 2. The SMILES string of the molecule is O=c1[nH]c2cnc(-n3cnc4ccccc43)nc2n1C1CCSC(O)C1. The van der Waals surface area contributed by atoms with Crippen molar-refractivity contribution in [2.24, 2.45) is 0 Å². The molecule has 2 N–H and O–H groups in total. The molecule has 1 saturated heterocycles. The summed E-state index contributed by atoms with van der Waals surface area (Å²) in [4.78, 5) is 28.7. The highest BCUT2D eigenvalue weighted by atomic mass is 32.2. The van der Waals surface area contributed by atoms with Crippen LogP contribution in [0.1, 0.15) is 18.9 Å². The van der Waals surface area contributed by atoms with Crippen molar-refractivity contribution in [1.82, 2.24) is 29.1 Å². The molecule has 5 rings (SSSR count). The van der Waals surface area contributed by atoms with Crippen LogP contribution in [-0.4, -0.2) is 45.4 Å². The van der Waals surface area contributed by atoms with E-state index in [9.17, 15) is 9.90 Å². The third kappa shape index (κ3) is 2.43.